The summed E-state index contributed by atoms with van der Waals surface area (Å²) in [6.45, 7) is 0.516. The number of anilines is 2. The fourth-order valence-corrected chi connectivity index (χ4v) is 4.40. The fourth-order valence-electron chi connectivity index (χ4n) is 3.40. The number of amides is 1. The smallest absolute Gasteiger partial charge is 0.226 e. The molecule has 0 radical (unpaired) electrons. The van der Waals surface area contributed by atoms with Crippen LogP contribution in [0.3, 0.4) is 0 Å². The predicted molar refractivity (Wildman–Crippen MR) is 129 cm³/mol. The average molecular weight is 449 g/mol. The third kappa shape index (κ3) is 4.65. The van der Waals surface area contributed by atoms with Crippen molar-refractivity contribution in [2.45, 2.75) is 6.42 Å². The van der Waals surface area contributed by atoms with Crippen molar-refractivity contribution in [3.05, 3.63) is 60.9 Å². The Labute approximate surface area is 190 Å². The molecule has 0 unspecified atom stereocenters. The first-order chi connectivity index (χ1) is 15.6. The molecule has 0 aliphatic carbocycles. The highest BCUT2D eigenvalue weighted by Gasteiger charge is 2.14. The average Bonchev–Trinajstić information content (AvgIpc) is 3.27. The van der Waals surface area contributed by atoms with Crippen LogP contribution >= 0.6 is 11.3 Å². The maximum absolute atomic E-state index is 12.5. The van der Waals surface area contributed by atoms with Gasteiger partial charge < -0.3 is 19.7 Å². The Morgan fingerprint density at radius 3 is 2.56 bits per heavy atom. The van der Waals surface area contributed by atoms with Gasteiger partial charge in [0.2, 0.25) is 5.91 Å². The third-order valence-electron chi connectivity index (χ3n) is 5.07. The first-order valence-electron chi connectivity index (χ1n) is 10.1. The minimum Gasteiger partial charge on any atom is -0.493 e. The molecule has 0 atom stereocenters. The largest absolute Gasteiger partial charge is 0.493 e. The van der Waals surface area contributed by atoms with E-state index in [1.54, 1.807) is 50.1 Å². The van der Waals surface area contributed by atoms with Crippen LogP contribution in [-0.2, 0) is 4.79 Å². The molecule has 2 heterocycles. The molecule has 7 nitrogen and oxygen atoms in total. The normalized spacial score (nSPS) is 10.7. The van der Waals surface area contributed by atoms with Crippen LogP contribution < -0.4 is 19.7 Å². The van der Waals surface area contributed by atoms with Gasteiger partial charge in [-0.05, 0) is 23.8 Å². The van der Waals surface area contributed by atoms with Crippen molar-refractivity contribution in [3.63, 3.8) is 0 Å². The quantitative estimate of drug-likeness (QED) is 0.416. The molecule has 32 heavy (non-hydrogen) atoms. The minimum atomic E-state index is -0.0929. The summed E-state index contributed by atoms with van der Waals surface area (Å²) in [5.41, 5.74) is 1.81. The second-order valence-electron chi connectivity index (χ2n) is 7.18. The van der Waals surface area contributed by atoms with Crippen LogP contribution in [0.5, 0.6) is 11.5 Å². The van der Waals surface area contributed by atoms with E-state index in [1.807, 2.05) is 30.1 Å². The number of carbonyl (C=O) groups is 1. The number of methoxy groups -OCH3 is 2. The lowest BCUT2D eigenvalue weighted by Crippen LogP contribution is -2.24. The second-order valence-corrected chi connectivity index (χ2v) is 8.21. The zero-order valence-corrected chi connectivity index (χ0v) is 19.0. The zero-order chi connectivity index (χ0) is 22.5. The lowest BCUT2D eigenvalue weighted by molar-refractivity contribution is -0.116. The Hall–Kier alpha value is -3.65. The molecular formula is C24H24N4O3S. The van der Waals surface area contributed by atoms with E-state index in [9.17, 15) is 4.79 Å². The summed E-state index contributed by atoms with van der Waals surface area (Å²) < 4.78 is 10.5. The van der Waals surface area contributed by atoms with E-state index in [-0.39, 0.29) is 5.91 Å². The van der Waals surface area contributed by atoms with Crippen molar-refractivity contribution < 1.29 is 14.3 Å². The summed E-state index contributed by atoms with van der Waals surface area (Å²) in [5.74, 6) is 1.90. The predicted octanol–water partition coefficient (Wildman–Crippen LogP) is 4.84. The SMILES string of the molecule is COc1ccc(NC(=O)CCN(C)c2ncnc3sc(-c4ccccc4)cc23)cc1OC. The minimum absolute atomic E-state index is 0.0929. The van der Waals surface area contributed by atoms with Crippen LogP contribution in [0.4, 0.5) is 11.5 Å². The van der Waals surface area contributed by atoms with E-state index in [2.05, 4.69) is 33.5 Å². The Morgan fingerprint density at radius 2 is 1.81 bits per heavy atom. The molecule has 1 amide bonds. The molecule has 0 saturated carbocycles. The van der Waals surface area contributed by atoms with Gasteiger partial charge in [0.1, 0.15) is 17.0 Å². The highest BCUT2D eigenvalue weighted by molar-refractivity contribution is 7.21. The monoisotopic (exact) mass is 448 g/mol. The van der Waals surface area contributed by atoms with Gasteiger partial charge >= 0.3 is 0 Å². The van der Waals surface area contributed by atoms with Crippen LogP contribution in [0.1, 0.15) is 6.42 Å². The van der Waals surface area contributed by atoms with Gasteiger partial charge in [0.05, 0.1) is 19.6 Å². The molecule has 2 aromatic heterocycles. The molecule has 4 aromatic rings. The Kier molecular flexibility index (Phi) is 6.51. The van der Waals surface area contributed by atoms with Crippen molar-refractivity contribution in [2.24, 2.45) is 0 Å². The van der Waals surface area contributed by atoms with E-state index in [1.165, 1.54) is 0 Å². The maximum atomic E-state index is 12.5. The molecule has 0 fully saturated rings. The van der Waals surface area contributed by atoms with E-state index in [0.29, 0.717) is 30.2 Å². The number of benzene rings is 2. The Balaban J connectivity index is 1.44. The second kappa shape index (κ2) is 9.65. The fraction of sp³-hybridized carbons (Fsp3) is 0.208. The van der Waals surface area contributed by atoms with Gasteiger partial charge in [-0.1, -0.05) is 30.3 Å². The molecule has 0 saturated heterocycles. The van der Waals surface area contributed by atoms with Crippen molar-refractivity contribution in [1.82, 2.24) is 9.97 Å². The lowest BCUT2D eigenvalue weighted by atomic mass is 10.2. The van der Waals surface area contributed by atoms with Crippen LogP contribution in [0, 0.1) is 0 Å². The molecular weight excluding hydrogens is 424 g/mol. The Morgan fingerprint density at radius 1 is 1.03 bits per heavy atom. The van der Waals surface area contributed by atoms with E-state index < -0.39 is 0 Å². The third-order valence-corrected chi connectivity index (χ3v) is 6.16. The highest BCUT2D eigenvalue weighted by Crippen LogP contribution is 2.35. The first-order valence-corrected chi connectivity index (χ1v) is 10.9. The van der Waals surface area contributed by atoms with Crippen LogP contribution in [-0.4, -0.2) is 43.7 Å². The number of rotatable bonds is 8. The molecule has 0 aliphatic heterocycles. The molecule has 164 valence electrons. The van der Waals surface area contributed by atoms with Crippen LogP contribution in [0.2, 0.25) is 0 Å². The van der Waals surface area contributed by atoms with Gasteiger partial charge in [-0.25, -0.2) is 9.97 Å². The number of nitrogens with zero attached hydrogens (tertiary/aromatic N) is 3. The molecule has 2 aromatic carbocycles. The Bertz CT molecular complexity index is 1230. The number of nitrogens with one attached hydrogen (secondary N) is 1. The number of carbonyl (C=O) groups excluding carboxylic acids is 1. The van der Waals surface area contributed by atoms with E-state index in [0.717, 1.165) is 26.5 Å². The topological polar surface area (TPSA) is 76.6 Å². The standard InChI is InChI=1S/C24H24N4O3S/c1-28(12-11-22(29)27-17-9-10-19(30-2)20(13-17)31-3)23-18-14-21(16-7-5-4-6-8-16)32-24(18)26-15-25-23/h4-10,13-15H,11-12H2,1-3H3,(H,27,29). The molecule has 8 heteroatoms. The van der Waals surface area contributed by atoms with Gasteiger partial charge in [-0.2, -0.15) is 0 Å². The number of thiophene rings is 1. The first kappa shape index (κ1) is 21.6. The van der Waals surface area contributed by atoms with Crippen LogP contribution in [0.25, 0.3) is 20.7 Å². The number of ether oxygens (including phenoxy) is 2. The summed E-state index contributed by atoms with van der Waals surface area (Å²) in [4.78, 5) is 25.5. The summed E-state index contributed by atoms with van der Waals surface area (Å²) in [6.07, 6.45) is 1.88. The number of hydrogen-bond acceptors (Lipinski definition) is 7. The molecule has 0 bridgehead atoms. The zero-order valence-electron chi connectivity index (χ0n) is 18.2. The number of hydrogen-bond donors (Lipinski definition) is 1. The number of aromatic nitrogens is 2. The summed E-state index contributed by atoms with van der Waals surface area (Å²) in [5, 5.41) is 3.89. The van der Waals surface area contributed by atoms with E-state index in [4.69, 9.17) is 9.47 Å². The number of fused-ring (bicyclic) bond motifs is 1. The van der Waals surface area contributed by atoms with Gasteiger partial charge in [-0.3, -0.25) is 4.79 Å². The summed E-state index contributed by atoms with van der Waals surface area (Å²) in [7, 11) is 5.08. The van der Waals surface area contributed by atoms with Gasteiger partial charge in [0, 0.05) is 36.6 Å². The van der Waals surface area contributed by atoms with Crippen molar-refractivity contribution >= 4 is 39.0 Å². The molecule has 0 aliphatic rings. The van der Waals surface area contributed by atoms with Crippen molar-refractivity contribution in [2.75, 3.05) is 38.0 Å². The van der Waals surface area contributed by atoms with Crippen molar-refractivity contribution in [3.8, 4) is 21.9 Å². The van der Waals surface area contributed by atoms with Crippen LogP contribution in [0.15, 0.2) is 60.9 Å². The summed E-state index contributed by atoms with van der Waals surface area (Å²) in [6, 6.07) is 17.6. The van der Waals surface area contributed by atoms with Gasteiger partial charge in [0.25, 0.3) is 0 Å². The van der Waals surface area contributed by atoms with E-state index >= 15 is 0 Å². The van der Waals surface area contributed by atoms with Crippen molar-refractivity contribution in [1.29, 1.82) is 0 Å². The highest BCUT2D eigenvalue weighted by atomic mass is 32.1. The summed E-state index contributed by atoms with van der Waals surface area (Å²) >= 11 is 1.64. The lowest BCUT2D eigenvalue weighted by Gasteiger charge is -2.18. The molecule has 4 rings (SSSR count). The van der Waals surface area contributed by atoms with Gasteiger partial charge in [0.15, 0.2) is 11.5 Å². The molecule has 0 spiro atoms. The van der Waals surface area contributed by atoms with Gasteiger partial charge in [-0.15, -0.1) is 11.3 Å². The maximum Gasteiger partial charge on any atom is 0.226 e. The molecule has 1 N–H and O–H groups in total.